The first-order chi connectivity index (χ1) is 8.82. The number of hydrogen-bond donors (Lipinski definition) is 1. The highest BCUT2D eigenvalue weighted by atomic mass is 79.9. The lowest BCUT2D eigenvalue weighted by atomic mass is 10.1. The van der Waals surface area contributed by atoms with Crippen LogP contribution in [0, 0.1) is 0 Å². The number of nitrogens with zero attached hydrogens (tertiary/aromatic N) is 2. The fraction of sp³-hybridized carbons (Fsp3) is 0.250. The first kappa shape index (κ1) is 13.9. The Kier molecular flexibility index (Phi) is 3.58. The molecule has 0 amide bonds. The van der Waals surface area contributed by atoms with Gasteiger partial charge in [-0.05, 0) is 24.6 Å². The van der Waals surface area contributed by atoms with E-state index >= 15 is 0 Å². The molecule has 1 aromatic heterocycles. The lowest BCUT2D eigenvalue weighted by Crippen LogP contribution is -2.08. The zero-order chi connectivity index (χ0) is 14.2. The van der Waals surface area contributed by atoms with Crippen molar-refractivity contribution in [2.75, 3.05) is 5.73 Å². The monoisotopic (exact) mass is 333 g/mol. The minimum absolute atomic E-state index is 0.0428. The molecule has 0 radical (unpaired) electrons. The number of benzene rings is 1. The van der Waals surface area contributed by atoms with Crippen molar-refractivity contribution < 1.29 is 13.2 Å². The Bertz CT molecular complexity index is 605. The Morgan fingerprint density at radius 1 is 1.32 bits per heavy atom. The zero-order valence-corrected chi connectivity index (χ0v) is 11.6. The molecule has 1 aromatic carbocycles. The van der Waals surface area contributed by atoms with Crippen LogP contribution in [-0.4, -0.2) is 9.78 Å². The van der Waals surface area contributed by atoms with E-state index in [9.17, 15) is 13.2 Å². The van der Waals surface area contributed by atoms with Crippen LogP contribution in [0.5, 0.6) is 0 Å². The van der Waals surface area contributed by atoms with Gasteiger partial charge in [0.1, 0.15) is 0 Å². The minimum Gasteiger partial charge on any atom is -0.399 e. The van der Waals surface area contributed by atoms with Crippen LogP contribution in [-0.2, 0) is 12.7 Å². The van der Waals surface area contributed by atoms with Gasteiger partial charge in [-0.2, -0.15) is 18.3 Å². The normalized spacial score (nSPS) is 11.8. The number of anilines is 1. The highest BCUT2D eigenvalue weighted by molar-refractivity contribution is 9.10. The van der Waals surface area contributed by atoms with E-state index in [2.05, 4.69) is 21.0 Å². The van der Waals surface area contributed by atoms with Crippen LogP contribution in [0.25, 0.3) is 11.1 Å². The smallest absolute Gasteiger partial charge is 0.399 e. The van der Waals surface area contributed by atoms with Gasteiger partial charge in [0.05, 0.1) is 0 Å². The third-order valence-electron chi connectivity index (χ3n) is 2.64. The van der Waals surface area contributed by atoms with Gasteiger partial charge >= 0.3 is 6.18 Å². The summed E-state index contributed by atoms with van der Waals surface area (Å²) in [5, 5.41) is 3.58. The predicted molar refractivity (Wildman–Crippen MR) is 70.5 cm³/mol. The molecule has 0 aliphatic rings. The minimum atomic E-state index is -4.49. The number of hydrogen-bond acceptors (Lipinski definition) is 2. The van der Waals surface area contributed by atoms with E-state index < -0.39 is 11.9 Å². The SMILES string of the molecule is CCn1cc(-c2ccc(N)cc2Br)c(C(F)(F)F)n1. The molecular formula is C12H11BrF3N3. The highest BCUT2D eigenvalue weighted by Crippen LogP contribution is 2.39. The molecule has 2 N–H and O–H groups in total. The molecule has 0 aliphatic carbocycles. The largest absolute Gasteiger partial charge is 0.435 e. The quantitative estimate of drug-likeness (QED) is 0.846. The predicted octanol–water partition coefficient (Wildman–Crippen LogP) is 3.93. The van der Waals surface area contributed by atoms with Crippen molar-refractivity contribution in [2.24, 2.45) is 0 Å². The summed E-state index contributed by atoms with van der Waals surface area (Å²) in [6.45, 7) is 2.10. The lowest BCUT2D eigenvalue weighted by Gasteiger charge is -2.08. The van der Waals surface area contributed by atoms with Crippen LogP contribution >= 0.6 is 15.9 Å². The van der Waals surface area contributed by atoms with Crippen molar-refractivity contribution in [3.05, 3.63) is 34.6 Å². The van der Waals surface area contributed by atoms with Gasteiger partial charge in [-0.25, -0.2) is 0 Å². The molecule has 0 atom stereocenters. The van der Waals surface area contributed by atoms with E-state index in [1.165, 1.54) is 10.9 Å². The molecule has 3 nitrogen and oxygen atoms in total. The van der Waals surface area contributed by atoms with Crippen LogP contribution in [0.1, 0.15) is 12.6 Å². The van der Waals surface area contributed by atoms with Crippen molar-refractivity contribution in [1.29, 1.82) is 0 Å². The summed E-state index contributed by atoms with van der Waals surface area (Å²) in [7, 11) is 0. The Morgan fingerprint density at radius 2 is 2.00 bits per heavy atom. The summed E-state index contributed by atoms with van der Waals surface area (Å²) in [6.07, 6.45) is -3.10. The molecule has 0 fully saturated rings. The summed E-state index contributed by atoms with van der Waals surface area (Å²) in [4.78, 5) is 0. The van der Waals surface area contributed by atoms with Crippen molar-refractivity contribution in [3.63, 3.8) is 0 Å². The molecule has 1 heterocycles. The van der Waals surface area contributed by atoms with Crippen LogP contribution < -0.4 is 5.73 Å². The van der Waals surface area contributed by atoms with E-state index in [0.717, 1.165) is 0 Å². The molecular weight excluding hydrogens is 323 g/mol. The Hall–Kier alpha value is -1.50. The first-order valence-electron chi connectivity index (χ1n) is 5.53. The molecule has 2 aromatic rings. The maximum atomic E-state index is 13.0. The standard InChI is InChI=1S/C12H11BrF3N3/c1-2-19-6-9(11(18-19)12(14,15)16)8-4-3-7(17)5-10(8)13/h3-6H,2,17H2,1H3. The number of aryl methyl sites for hydroxylation is 1. The van der Waals surface area contributed by atoms with Crippen molar-refractivity contribution in [1.82, 2.24) is 9.78 Å². The maximum absolute atomic E-state index is 13.0. The number of rotatable bonds is 2. The first-order valence-corrected chi connectivity index (χ1v) is 6.32. The van der Waals surface area contributed by atoms with Crippen molar-refractivity contribution in [2.45, 2.75) is 19.6 Å². The number of nitrogen functional groups attached to an aromatic ring is 1. The zero-order valence-electron chi connectivity index (χ0n) is 10.0. The Balaban J connectivity index is 2.64. The second kappa shape index (κ2) is 4.88. The topological polar surface area (TPSA) is 43.8 Å². The third kappa shape index (κ3) is 2.75. The Labute approximate surface area is 116 Å². The van der Waals surface area contributed by atoms with Gasteiger partial charge in [0.15, 0.2) is 5.69 Å². The average molecular weight is 334 g/mol. The van der Waals surface area contributed by atoms with Gasteiger partial charge in [-0.3, -0.25) is 4.68 Å². The van der Waals surface area contributed by atoms with Crippen LogP contribution in [0.4, 0.5) is 18.9 Å². The molecule has 19 heavy (non-hydrogen) atoms. The summed E-state index contributed by atoms with van der Waals surface area (Å²) in [5.74, 6) is 0. The molecule has 102 valence electrons. The molecule has 7 heteroatoms. The molecule has 0 saturated carbocycles. The van der Waals surface area contributed by atoms with Gasteiger partial charge in [0.2, 0.25) is 0 Å². The lowest BCUT2D eigenvalue weighted by molar-refractivity contribution is -0.141. The van der Waals surface area contributed by atoms with E-state index in [1.807, 2.05) is 0 Å². The number of aromatic nitrogens is 2. The van der Waals surface area contributed by atoms with Crippen LogP contribution in [0.3, 0.4) is 0 Å². The fourth-order valence-corrected chi connectivity index (χ4v) is 2.35. The van der Waals surface area contributed by atoms with Crippen LogP contribution in [0.2, 0.25) is 0 Å². The molecule has 0 aliphatic heterocycles. The van der Waals surface area contributed by atoms with E-state index in [0.29, 0.717) is 22.3 Å². The van der Waals surface area contributed by atoms with Gasteiger partial charge in [0.25, 0.3) is 0 Å². The van der Waals surface area contributed by atoms with E-state index in [1.54, 1.807) is 25.1 Å². The number of alkyl halides is 3. The summed E-state index contributed by atoms with van der Waals surface area (Å²) < 4.78 is 40.7. The Morgan fingerprint density at radius 3 is 2.53 bits per heavy atom. The maximum Gasteiger partial charge on any atom is 0.435 e. The van der Waals surface area contributed by atoms with E-state index in [4.69, 9.17) is 5.73 Å². The molecule has 0 saturated heterocycles. The average Bonchev–Trinajstić information content (AvgIpc) is 2.72. The molecule has 0 unspecified atom stereocenters. The summed E-state index contributed by atoms with van der Waals surface area (Å²) in [5.41, 5.74) is 5.64. The molecule has 0 bridgehead atoms. The van der Waals surface area contributed by atoms with Crippen LogP contribution in [0.15, 0.2) is 28.9 Å². The second-order valence-corrected chi connectivity index (χ2v) is 4.84. The number of nitrogens with two attached hydrogens (primary N) is 1. The highest BCUT2D eigenvalue weighted by Gasteiger charge is 2.37. The van der Waals surface area contributed by atoms with Gasteiger partial charge in [-0.15, -0.1) is 0 Å². The molecule has 0 spiro atoms. The summed E-state index contributed by atoms with van der Waals surface area (Å²) >= 11 is 3.23. The van der Waals surface area contributed by atoms with Crippen molar-refractivity contribution in [3.8, 4) is 11.1 Å². The van der Waals surface area contributed by atoms with Gasteiger partial charge in [-0.1, -0.05) is 22.0 Å². The van der Waals surface area contributed by atoms with Gasteiger partial charge < -0.3 is 5.73 Å². The molecule has 2 rings (SSSR count). The van der Waals surface area contributed by atoms with Crippen molar-refractivity contribution >= 4 is 21.6 Å². The van der Waals surface area contributed by atoms with Gasteiger partial charge in [0, 0.05) is 28.5 Å². The summed E-state index contributed by atoms with van der Waals surface area (Å²) in [6, 6.07) is 4.67. The third-order valence-corrected chi connectivity index (χ3v) is 3.29. The second-order valence-electron chi connectivity index (χ2n) is 3.98. The number of halogens is 4. The fourth-order valence-electron chi connectivity index (χ4n) is 1.74. The van der Waals surface area contributed by atoms with E-state index in [-0.39, 0.29) is 5.56 Å².